The summed E-state index contributed by atoms with van der Waals surface area (Å²) in [6.45, 7) is 20.4. The van der Waals surface area contributed by atoms with Crippen molar-refractivity contribution < 1.29 is 0 Å². The van der Waals surface area contributed by atoms with Crippen molar-refractivity contribution in [1.82, 2.24) is 15.0 Å². The normalized spacial score (nSPS) is 14.2. The second-order valence-electron chi connectivity index (χ2n) is 8.37. The molecule has 3 nitrogen and oxygen atoms in total. The van der Waals surface area contributed by atoms with Crippen molar-refractivity contribution in [2.75, 3.05) is 0 Å². The molecular weight excluding hydrogens is 234 g/mol. The van der Waals surface area contributed by atoms with Gasteiger partial charge in [0.15, 0.2) is 0 Å². The van der Waals surface area contributed by atoms with E-state index in [1.807, 2.05) is 4.68 Å². The van der Waals surface area contributed by atoms with Gasteiger partial charge in [-0.3, -0.25) is 0 Å². The van der Waals surface area contributed by atoms with Gasteiger partial charge in [-0.25, -0.2) is 4.68 Å². The lowest BCUT2D eigenvalue weighted by Gasteiger charge is -2.43. The summed E-state index contributed by atoms with van der Waals surface area (Å²) in [6.07, 6.45) is 3.20. The van der Waals surface area contributed by atoms with E-state index >= 15 is 0 Å². The lowest BCUT2D eigenvalue weighted by molar-refractivity contribution is 0.0907. The molecule has 0 aliphatic rings. The zero-order valence-corrected chi connectivity index (χ0v) is 14.2. The molecule has 1 heterocycles. The molecule has 0 aliphatic heterocycles. The Bertz CT molecular complexity index is 419. The Morgan fingerprint density at radius 1 is 1.05 bits per heavy atom. The Morgan fingerprint density at radius 2 is 1.58 bits per heavy atom. The minimum absolute atomic E-state index is 0.0456. The van der Waals surface area contributed by atoms with Crippen molar-refractivity contribution in [2.24, 2.45) is 10.8 Å². The third-order valence-electron chi connectivity index (χ3n) is 4.65. The first-order valence-electron chi connectivity index (χ1n) is 7.29. The van der Waals surface area contributed by atoms with Gasteiger partial charge in [-0.2, -0.15) is 0 Å². The number of hydrogen-bond acceptors (Lipinski definition) is 2. The highest BCUT2D eigenvalue weighted by molar-refractivity contribution is 5.11. The smallest absolute Gasteiger partial charge is 0.0883 e. The van der Waals surface area contributed by atoms with Crippen LogP contribution in [0.25, 0.3) is 0 Å². The molecule has 0 N–H and O–H groups in total. The summed E-state index contributed by atoms with van der Waals surface area (Å²) in [5, 5.41) is 8.63. The Hall–Kier alpha value is -0.860. The predicted octanol–water partition coefficient (Wildman–Crippen LogP) is 4.60. The third kappa shape index (κ3) is 3.58. The molecule has 3 heteroatoms. The molecule has 0 aromatic carbocycles. The van der Waals surface area contributed by atoms with E-state index in [2.05, 4.69) is 78.8 Å². The maximum Gasteiger partial charge on any atom is 0.0883 e. The molecule has 0 amide bonds. The fourth-order valence-electron chi connectivity index (χ4n) is 2.30. The standard InChI is InChI=1S/C16H31N3/c1-12(2)19-10-13(17-18-19)15(6,7)11-16(8,9)14(3,4)5/h10,12H,11H2,1-9H3. The molecular formula is C16H31N3. The highest BCUT2D eigenvalue weighted by atomic mass is 15.4. The summed E-state index contributed by atoms with van der Waals surface area (Å²) < 4.78 is 1.95. The van der Waals surface area contributed by atoms with Gasteiger partial charge >= 0.3 is 0 Å². The maximum atomic E-state index is 4.39. The van der Waals surface area contributed by atoms with Crippen LogP contribution in [0.2, 0.25) is 0 Å². The molecule has 0 atom stereocenters. The zero-order chi connectivity index (χ0) is 15.1. The van der Waals surface area contributed by atoms with Crippen molar-refractivity contribution in [3.8, 4) is 0 Å². The van der Waals surface area contributed by atoms with Crippen LogP contribution in [-0.4, -0.2) is 15.0 Å². The molecule has 0 spiro atoms. The molecule has 0 aliphatic carbocycles. The Morgan fingerprint density at radius 3 is 1.95 bits per heavy atom. The van der Waals surface area contributed by atoms with E-state index in [0.29, 0.717) is 6.04 Å². The minimum Gasteiger partial charge on any atom is -0.250 e. The van der Waals surface area contributed by atoms with Gasteiger partial charge in [0, 0.05) is 17.7 Å². The largest absolute Gasteiger partial charge is 0.250 e. The van der Waals surface area contributed by atoms with Crippen LogP contribution in [0.3, 0.4) is 0 Å². The monoisotopic (exact) mass is 265 g/mol. The molecule has 19 heavy (non-hydrogen) atoms. The van der Waals surface area contributed by atoms with E-state index in [1.54, 1.807) is 0 Å². The van der Waals surface area contributed by atoms with Gasteiger partial charge in [0.25, 0.3) is 0 Å². The Balaban J connectivity index is 2.97. The van der Waals surface area contributed by atoms with Crippen LogP contribution in [0, 0.1) is 10.8 Å². The van der Waals surface area contributed by atoms with E-state index in [9.17, 15) is 0 Å². The molecule has 0 radical (unpaired) electrons. The first kappa shape index (κ1) is 16.2. The molecule has 1 aromatic rings. The van der Waals surface area contributed by atoms with Crippen LogP contribution in [0.4, 0.5) is 0 Å². The molecule has 0 unspecified atom stereocenters. The second kappa shape index (κ2) is 4.92. The zero-order valence-electron chi connectivity index (χ0n) is 14.2. The van der Waals surface area contributed by atoms with Gasteiger partial charge in [0.2, 0.25) is 0 Å². The van der Waals surface area contributed by atoms with Gasteiger partial charge in [-0.05, 0) is 31.1 Å². The fourth-order valence-corrected chi connectivity index (χ4v) is 2.30. The lowest BCUT2D eigenvalue weighted by Crippen LogP contribution is -2.36. The summed E-state index contributed by atoms with van der Waals surface area (Å²) in [5.41, 5.74) is 1.67. The average molecular weight is 265 g/mol. The number of nitrogens with zero attached hydrogens (tertiary/aromatic N) is 3. The first-order chi connectivity index (χ1) is 8.37. The van der Waals surface area contributed by atoms with E-state index in [4.69, 9.17) is 0 Å². The summed E-state index contributed by atoms with van der Waals surface area (Å²) in [5.74, 6) is 0. The average Bonchev–Trinajstić information content (AvgIpc) is 2.62. The quantitative estimate of drug-likeness (QED) is 0.796. The van der Waals surface area contributed by atoms with Crippen molar-refractivity contribution in [1.29, 1.82) is 0 Å². The van der Waals surface area contributed by atoms with E-state index in [1.165, 1.54) is 0 Å². The minimum atomic E-state index is 0.0456. The molecule has 0 bridgehead atoms. The molecule has 1 aromatic heterocycles. The molecule has 110 valence electrons. The molecule has 1 rings (SSSR count). The van der Waals surface area contributed by atoms with Crippen LogP contribution in [0.1, 0.15) is 80.5 Å². The summed E-state index contributed by atoms with van der Waals surface area (Å²) in [4.78, 5) is 0. The number of rotatable bonds is 4. The van der Waals surface area contributed by atoms with Crippen LogP contribution in [-0.2, 0) is 5.41 Å². The Kier molecular flexibility index (Phi) is 4.19. The SMILES string of the molecule is CC(C)n1cc(C(C)(C)CC(C)(C)C(C)(C)C)nn1. The highest BCUT2D eigenvalue weighted by Gasteiger charge is 2.39. The third-order valence-corrected chi connectivity index (χ3v) is 4.65. The van der Waals surface area contributed by atoms with E-state index < -0.39 is 0 Å². The topological polar surface area (TPSA) is 30.7 Å². The van der Waals surface area contributed by atoms with E-state index in [0.717, 1.165) is 12.1 Å². The molecule has 0 fully saturated rings. The summed E-state index contributed by atoms with van der Waals surface area (Å²) >= 11 is 0. The predicted molar refractivity (Wildman–Crippen MR) is 81.3 cm³/mol. The summed E-state index contributed by atoms with van der Waals surface area (Å²) in [6, 6.07) is 0.368. The second-order valence-corrected chi connectivity index (χ2v) is 8.37. The first-order valence-corrected chi connectivity index (χ1v) is 7.29. The van der Waals surface area contributed by atoms with Crippen LogP contribution >= 0.6 is 0 Å². The van der Waals surface area contributed by atoms with Gasteiger partial charge < -0.3 is 0 Å². The van der Waals surface area contributed by atoms with Crippen LogP contribution in [0.15, 0.2) is 6.20 Å². The fraction of sp³-hybridized carbons (Fsp3) is 0.875. The van der Waals surface area contributed by atoms with Crippen LogP contribution in [0.5, 0.6) is 0 Å². The van der Waals surface area contributed by atoms with Crippen molar-refractivity contribution in [2.45, 2.75) is 80.2 Å². The van der Waals surface area contributed by atoms with Gasteiger partial charge in [0.05, 0.1) is 5.69 Å². The molecule has 0 saturated carbocycles. The number of hydrogen-bond donors (Lipinski definition) is 0. The van der Waals surface area contributed by atoms with Gasteiger partial charge in [-0.15, -0.1) is 5.10 Å². The van der Waals surface area contributed by atoms with Crippen LogP contribution < -0.4 is 0 Å². The Labute approximate surface area is 118 Å². The van der Waals surface area contributed by atoms with Crippen molar-refractivity contribution in [3.05, 3.63) is 11.9 Å². The maximum absolute atomic E-state index is 4.39. The van der Waals surface area contributed by atoms with Gasteiger partial charge in [-0.1, -0.05) is 53.7 Å². The van der Waals surface area contributed by atoms with Gasteiger partial charge in [0.1, 0.15) is 0 Å². The lowest BCUT2D eigenvalue weighted by atomic mass is 9.61. The van der Waals surface area contributed by atoms with E-state index in [-0.39, 0.29) is 16.2 Å². The molecule has 0 saturated heterocycles. The summed E-state index contributed by atoms with van der Waals surface area (Å²) in [7, 11) is 0. The highest BCUT2D eigenvalue weighted by Crippen LogP contribution is 2.46. The number of aromatic nitrogens is 3. The van der Waals surface area contributed by atoms with Crippen molar-refractivity contribution in [3.63, 3.8) is 0 Å². The van der Waals surface area contributed by atoms with Crippen molar-refractivity contribution >= 4 is 0 Å².